The molecule has 2 N–H and O–H groups in total. The first-order valence-electron chi connectivity index (χ1n) is 8.13. The second kappa shape index (κ2) is 9.55. The van der Waals surface area contributed by atoms with Gasteiger partial charge in [-0.15, -0.1) is 24.0 Å². The Bertz CT molecular complexity index is 705. The lowest BCUT2D eigenvalue weighted by Crippen LogP contribution is -2.40. The highest BCUT2D eigenvalue weighted by Crippen LogP contribution is 2.24. The van der Waals surface area contributed by atoms with Crippen LogP contribution >= 0.6 is 24.0 Å². The predicted molar refractivity (Wildman–Crippen MR) is 107 cm³/mol. The van der Waals surface area contributed by atoms with Gasteiger partial charge >= 0.3 is 0 Å². The summed E-state index contributed by atoms with van der Waals surface area (Å²) >= 11 is 0. The Kier molecular flexibility index (Phi) is 7.42. The summed E-state index contributed by atoms with van der Waals surface area (Å²) in [7, 11) is 0. The van der Waals surface area contributed by atoms with Crippen LogP contribution in [0, 0.1) is 5.82 Å². The van der Waals surface area contributed by atoms with Gasteiger partial charge in [0.1, 0.15) is 5.75 Å². The molecule has 1 fully saturated rings. The Morgan fingerprint density at radius 1 is 1.24 bits per heavy atom. The average molecular weight is 456 g/mol. The lowest BCUT2D eigenvalue weighted by atomic mass is 10.1. The van der Waals surface area contributed by atoms with Gasteiger partial charge in [-0.1, -0.05) is 6.07 Å². The number of aliphatic imine (C=N–C) groups is 1. The molecule has 3 rings (SSSR count). The summed E-state index contributed by atoms with van der Waals surface area (Å²) in [5.74, 6) is 0.769. The van der Waals surface area contributed by atoms with E-state index >= 15 is 0 Å². The molecule has 2 aromatic rings. The Balaban J connectivity index is 0.00000225. The number of likely N-dealkylation sites (tertiary alicyclic amines) is 1. The van der Waals surface area contributed by atoms with Crippen molar-refractivity contribution in [3.8, 4) is 11.5 Å². The molecule has 25 heavy (non-hydrogen) atoms. The Hall–Kier alpha value is -1.90. The zero-order valence-corrected chi connectivity index (χ0v) is 16.2. The molecule has 0 amide bonds. The van der Waals surface area contributed by atoms with E-state index in [9.17, 15) is 4.39 Å². The van der Waals surface area contributed by atoms with E-state index < -0.39 is 5.82 Å². The van der Waals surface area contributed by atoms with Crippen molar-refractivity contribution < 1.29 is 9.13 Å². The maximum atomic E-state index is 14.2. The molecular formula is C18H22FIN4O. The standard InChI is InChI=1S/C18H21FN4O.HI/c19-16-11-14(12-22-18(20)23-9-2-1-3-10-23)6-7-17(16)24-15-5-4-8-21-13-15;/h4-8,11,13H,1-3,9-10,12H2,(H2,20,22);1H. The first-order valence-corrected chi connectivity index (χ1v) is 8.13. The van der Waals surface area contributed by atoms with Crippen molar-refractivity contribution in [2.24, 2.45) is 10.7 Å². The number of halogens is 2. The fraction of sp³-hybridized carbons (Fsp3) is 0.333. The number of nitrogens with two attached hydrogens (primary N) is 1. The third-order valence-corrected chi connectivity index (χ3v) is 3.96. The van der Waals surface area contributed by atoms with Gasteiger partial charge in [0.25, 0.3) is 0 Å². The molecule has 0 radical (unpaired) electrons. The maximum Gasteiger partial charge on any atom is 0.191 e. The molecule has 0 saturated carbocycles. The second-order valence-electron chi connectivity index (χ2n) is 5.78. The summed E-state index contributed by atoms with van der Waals surface area (Å²) in [6, 6.07) is 8.29. The summed E-state index contributed by atoms with van der Waals surface area (Å²) in [6.45, 7) is 2.25. The van der Waals surface area contributed by atoms with E-state index in [2.05, 4.69) is 14.9 Å². The summed E-state index contributed by atoms with van der Waals surface area (Å²) in [4.78, 5) is 10.4. The van der Waals surface area contributed by atoms with Crippen LogP contribution < -0.4 is 10.5 Å². The van der Waals surface area contributed by atoms with Crippen LogP contribution in [0.25, 0.3) is 0 Å². The van der Waals surface area contributed by atoms with Gasteiger partial charge in [0.15, 0.2) is 17.5 Å². The van der Waals surface area contributed by atoms with Crippen molar-refractivity contribution in [2.45, 2.75) is 25.8 Å². The van der Waals surface area contributed by atoms with Crippen LogP contribution in [0.1, 0.15) is 24.8 Å². The summed E-state index contributed by atoms with van der Waals surface area (Å²) in [6.07, 6.45) is 6.71. The number of nitrogens with zero attached hydrogens (tertiary/aromatic N) is 3. The van der Waals surface area contributed by atoms with E-state index in [0.717, 1.165) is 31.5 Å². The number of piperidine rings is 1. The minimum absolute atomic E-state index is 0. The van der Waals surface area contributed by atoms with Crippen molar-refractivity contribution in [3.05, 3.63) is 54.1 Å². The van der Waals surface area contributed by atoms with Gasteiger partial charge in [-0.2, -0.15) is 0 Å². The average Bonchev–Trinajstić information content (AvgIpc) is 2.63. The van der Waals surface area contributed by atoms with Crippen LogP contribution in [0.5, 0.6) is 11.5 Å². The largest absolute Gasteiger partial charge is 0.453 e. The number of hydrogen-bond acceptors (Lipinski definition) is 3. The van der Waals surface area contributed by atoms with Crippen LogP contribution in [0.2, 0.25) is 0 Å². The lowest BCUT2D eigenvalue weighted by Gasteiger charge is -2.27. The number of rotatable bonds is 4. The summed E-state index contributed by atoms with van der Waals surface area (Å²) in [5, 5.41) is 0. The zero-order valence-electron chi connectivity index (χ0n) is 13.9. The van der Waals surface area contributed by atoms with Gasteiger partial charge in [-0.3, -0.25) is 4.98 Å². The van der Waals surface area contributed by atoms with Gasteiger partial charge in [0.2, 0.25) is 0 Å². The highest BCUT2D eigenvalue weighted by atomic mass is 127. The number of benzene rings is 1. The fourth-order valence-electron chi connectivity index (χ4n) is 2.66. The molecular weight excluding hydrogens is 434 g/mol. The first kappa shape index (κ1) is 19.4. The van der Waals surface area contributed by atoms with E-state index in [1.807, 2.05) is 0 Å². The van der Waals surface area contributed by atoms with E-state index in [1.165, 1.54) is 18.7 Å². The quantitative estimate of drug-likeness (QED) is 0.430. The molecule has 0 atom stereocenters. The number of ether oxygens (including phenoxy) is 1. The van der Waals surface area contributed by atoms with Crippen molar-refractivity contribution in [2.75, 3.05) is 13.1 Å². The number of hydrogen-bond donors (Lipinski definition) is 1. The molecule has 134 valence electrons. The van der Waals surface area contributed by atoms with E-state index in [1.54, 1.807) is 30.5 Å². The normalized spacial score (nSPS) is 14.8. The molecule has 1 aromatic carbocycles. The summed E-state index contributed by atoms with van der Waals surface area (Å²) in [5.41, 5.74) is 6.77. The van der Waals surface area contributed by atoms with Crippen LogP contribution in [-0.2, 0) is 6.54 Å². The van der Waals surface area contributed by atoms with Crippen LogP contribution in [-0.4, -0.2) is 28.9 Å². The molecule has 5 nitrogen and oxygen atoms in total. The predicted octanol–water partition coefficient (Wildman–Crippen LogP) is 3.93. The SMILES string of the molecule is I.NC(=NCc1ccc(Oc2cccnc2)c(F)c1)N1CCCCC1. The third kappa shape index (κ3) is 5.55. The highest BCUT2D eigenvalue weighted by Gasteiger charge is 2.12. The van der Waals surface area contributed by atoms with Crippen LogP contribution in [0.4, 0.5) is 4.39 Å². The van der Waals surface area contributed by atoms with Gasteiger partial charge in [-0.05, 0) is 49.1 Å². The Morgan fingerprint density at radius 2 is 2.04 bits per heavy atom. The Labute approximate surface area is 164 Å². The number of guanidine groups is 1. The van der Waals surface area contributed by atoms with Crippen molar-refractivity contribution in [1.82, 2.24) is 9.88 Å². The van der Waals surface area contributed by atoms with Gasteiger partial charge in [-0.25, -0.2) is 9.38 Å². The minimum Gasteiger partial charge on any atom is -0.453 e. The van der Waals surface area contributed by atoms with Gasteiger partial charge in [0, 0.05) is 19.3 Å². The molecule has 1 aliphatic heterocycles. The Morgan fingerprint density at radius 3 is 2.72 bits per heavy atom. The maximum absolute atomic E-state index is 14.2. The minimum atomic E-state index is -0.428. The molecule has 0 bridgehead atoms. The smallest absolute Gasteiger partial charge is 0.191 e. The molecule has 0 unspecified atom stereocenters. The van der Waals surface area contributed by atoms with Crippen LogP contribution in [0.3, 0.4) is 0 Å². The number of pyridine rings is 1. The summed E-state index contributed by atoms with van der Waals surface area (Å²) < 4.78 is 19.7. The van der Waals surface area contributed by atoms with Gasteiger partial charge in [0.05, 0.1) is 12.7 Å². The second-order valence-corrected chi connectivity index (χ2v) is 5.78. The first-order chi connectivity index (χ1) is 11.7. The van der Waals surface area contributed by atoms with E-state index in [4.69, 9.17) is 10.5 Å². The van der Waals surface area contributed by atoms with Gasteiger partial charge < -0.3 is 15.4 Å². The highest BCUT2D eigenvalue weighted by molar-refractivity contribution is 14.0. The fourth-order valence-corrected chi connectivity index (χ4v) is 2.66. The molecule has 0 aliphatic carbocycles. The van der Waals surface area contributed by atoms with Crippen LogP contribution in [0.15, 0.2) is 47.7 Å². The van der Waals surface area contributed by atoms with Crippen molar-refractivity contribution in [1.29, 1.82) is 0 Å². The number of aromatic nitrogens is 1. The molecule has 1 aliphatic rings. The molecule has 2 heterocycles. The molecule has 1 saturated heterocycles. The molecule has 0 spiro atoms. The zero-order chi connectivity index (χ0) is 16.8. The lowest BCUT2D eigenvalue weighted by molar-refractivity contribution is 0.338. The topological polar surface area (TPSA) is 63.7 Å². The molecule has 1 aromatic heterocycles. The van der Waals surface area contributed by atoms with E-state index in [0.29, 0.717) is 18.3 Å². The van der Waals surface area contributed by atoms with Crippen molar-refractivity contribution in [3.63, 3.8) is 0 Å². The molecule has 7 heteroatoms. The van der Waals surface area contributed by atoms with Crippen molar-refractivity contribution >= 4 is 29.9 Å². The van der Waals surface area contributed by atoms with E-state index in [-0.39, 0.29) is 29.7 Å². The third-order valence-electron chi connectivity index (χ3n) is 3.96. The monoisotopic (exact) mass is 456 g/mol.